The van der Waals surface area contributed by atoms with Gasteiger partial charge in [0, 0.05) is 31.9 Å². The van der Waals surface area contributed by atoms with Crippen LogP contribution in [0.1, 0.15) is 36.4 Å². The number of nitrogens with one attached hydrogen (secondary N) is 2. The van der Waals surface area contributed by atoms with Crippen molar-refractivity contribution in [3.8, 4) is 5.75 Å². The van der Waals surface area contributed by atoms with E-state index < -0.39 is 0 Å². The highest BCUT2D eigenvalue weighted by molar-refractivity contribution is 5.80. The molecule has 0 aliphatic carbocycles. The van der Waals surface area contributed by atoms with Gasteiger partial charge in [-0.15, -0.1) is 0 Å². The molecule has 0 radical (unpaired) electrons. The van der Waals surface area contributed by atoms with Gasteiger partial charge in [0.1, 0.15) is 5.75 Å². The summed E-state index contributed by atoms with van der Waals surface area (Å²) in [7, 11) is 3.68. The van der Waals surface area contributed by atoms with E-state index in [0.29, 0.717) is 0 Å². The molecule has 0 amide bonds. The zero-order chi connectivity index (χ0) is 19.8. The smallest absolute Gasteiger partial charge is 0.191 e. The Balaban J connectivity index is 1.93. The molecule has 2 N–H and O–H groups in total. The Hall–Kier alpha value is -2.50. The zero-order valence-electron chi connectivity index (χ0n) is 17.5. The Morgan fingerprint density at radius 2 is 1.96 bits per heavy atom. The number of aliphatic imine (C=N–C) groups is 1. The van der Waals surface area contributed by atoms with Gasteiger partial charge in [0.15, 0.2) is 5.96 Å². The third-order valence-electron chi connectivity index (χ3n) is 4.73. The first-order valence-electron chi connectivity index (χ1n) is 9.61. The van der Waals surface area contributed by atoms with E-state index in [1.165, 1.54) is 16.8 Å². The van der Waals surface area contributed by atoms with Crippen molar-refractivity contribution >= 4 is 5.96 Å². The summed E-state index contributed by atoms with van der Waals surface area (Å²) in [6.07, 6.45) is 1.82. The standard InChI is InChI=1S/C21H33N5O/c1-7-22-21(23-13-12-18-8-10-19(27-6)11-9-18)24-15(2)14-20-16(3)25-26(5)17(20)4/h8-11,15H,7,12-14H2,1-6H3,(H2,22,23,24). The molecule has 0 aliphatic rings. The molecule has 0 aliphatic heterocycles. The van der Waals surface area contributed by atoms with Crippen LogP contribution < -0.4 is 15.4 Å². The molecular formula is C21H33N5O. The minimum absolute atomic E-state index is 0.269. The number of methoxy groups -OCH3 is 1. The van der Waals surface area contributed by atoms with Gasteiger partial charge in [0.2, 0.25) is 0 Å². The molecule has 6 heteroatoms. The molecule has 1 heterocycles. The normalized spacial score (nSPS) is 12.7. The summed E-state index contributed by atoms with van der Waals surface area (Å²) in [5, 5.41) is 11.4. The number of hydrogen-bond donors (Lipinski definition) is 2. The molecule has 1 aromatic carbocycles. The minimum Gasteiger partial charge on any atom is -0.497 e. The Labute approximate surface area is 163 Å². The van der Waals surface area contributed by atoms with E-state index in [2.05, 4.69) is 55.6 Å². The van der Waals surface area contributed by atoms with E-state index in [1.807, 2.05) is 23.9 Å². The number of ether oxygens (including phenoxy) is 1. The number of guanidine groups is 1. The minimum atomic E-state index is 0.269. The fourth-order valence-corrected chi connectivity index (χ4v) is 3.11. The van der Waals surface area contributed by atoms with Crippen molar-refractivity contribution in [2.45, 2.75) is 46.6 Å². The summed E-state index contributed by atoms with van der Waals surface area (Å²) in [6, 6.07) is 8.42. The van der Waals surface area contributed by atoms with E-state index in [4.69, 9.17) is 9.73 Å². The lowest BCUT2D eigenvalue weighted by atomic mass is 10.1. The van der Waals surface area contributed by atoms with E-state index in [9.17, 15) is 0 Å². The summed E-state index contributed by atoms with van der Waals surface area (Å²) >= 11 is 0. The second kappa shape index (κ2) is 10.00. The molecule has 0 saturated carbocycles. The number of nitrogens with zero attached hydrogens (tertiary/aromatic N) is 3. The highest BCUT2D eigenvalue weighted by Crippen LogP contribution is 2.14. The Bertz CT molecular complexity index is 749. The van der Waals surface area contributed by atoms with Crippen LogP contribution in [0.25, 0.3) is 0 Å². The Morgan fingerprint density at radius 1 is 1.26 bits per heavy atom. The molecule has 0 fully saturated rings. The van der Waals surface area contributed by atoms with E-state index in [-0.39, 0.29) is 6.04 Å². The maximum absolute atomic E-state index is 5.20. The molecule has 0 spiro atoms. The van der Waals surface area contributed by atoms with Crippen molar-refractivity contribution in [1.29, 1.82) is 0 Å². The summed E-state index contributed by atoms with van der Waals surface area (Å²) in [5.74, 6) is 1.74. The largest absolute Gasteiger partial charge is 0.497 e. The molecule has 2 rings (SSSR count). The SMILES string of the molecule is CCNC(=NCCc1ccc(OC)cc1)NC(C)Cc1c(C)nn(C)c1C. The van der Waals surface area contributed by atoms with Crippen LogP contribution in [0.3, 0.4) is 0 Å². The maximum Gasteiger partial charge on any atom is 0.191 e. The van der Waals surface area contributed by atoms with Gasteiger partial charge < -0.3 is 15.4 Å². The lowest BCUT2D eigenvalue weighted by Gasteiger charge is -2.18. The highest BCUT2D eigenvalue weighted by atomic mass is 16.5. The molecule has 1 atom stereocenters. The lowest BCUT2D eigenvalue weighted by molar-refractivity contribution is 0.414. The lowest BCUT2D eigenvalue weighted by Crippen LogP contribution is -2.43. The van der Waals surface area contributed by atoms with Gasteiger partial charge in [0.05, 0.1) is 12.8 Å². The van der Waals surface area contributed by atoms with Crippen LogP contribution in [0.15, 0.2) is 29.3 Å². The summed E-state index contributed by atoms with van der Waals surface area (Å²) < 4.78 is 7.15. The highest BCUT2D eigenvalue weighted by Gasteiger charge is 2.13. The van der Waals surface area contributed by atoms with Gasteiger partial charge in [-0.2, -0.15) is 5.10 Å². The third kappa shape index (κ3) is 6.01. The summed E-state index contributed by atoms with van der Waals surface area (Å²) in [6.45, 7) is 10.0. The zero-order valence-corrected chi connectivity index (χ0v) is 17.5. The van der Waals surface area contributed by atoms with Crippen LogP contribution in [0.2, 0.25) is 0 Å². The van der Waals surface area contributed by atoms with Crippen LogP contribution in [-0.4, -0.2) is 42.0 Å². The summed E-state index contributed by atoms with van der Waals surface area (Å²) in [4.78, 5) is 4.73. The van der Waals surface area contributed by atoms with Gasteiger partial charge in [-0.1, -0.05) is 12.1 Å². The monoisotopic (exact) mass is 371 g/mol. The van der Waals surface area contributed by atoms with Crippen molar-refractivity contribution in [2.24, 2.45) is 12.0 Å². The number of aryl methyl sites for hydroxylation is 2. The van der Waals surface area contributed by atoms with Crippen LogP contribution in [-0.2, 0) is 19.9 Å². The second-order valence-corrected chi connectivity index (χ2v) is 6.88. The first-order chi connectivity index (χ1) is 12.9. The van der Waals surface area contributed by atoms with E-state index in [0.717, 1.165) is 43.3 Å². The summed E-state index contributed by atoms with van der Waals surface area (Å²) in [5.41, 5.74) is 4.89. The fourth-order valence-electron chi connectivity index (χ4n) is 3.11. The van der Waals surface area contributed by atoms with Gasteiger partial charge in [0.25, 0.3) is 0 Å². The van der Waals surface area contributed by atoms with Crippen LogP contribution in [0, 0.1) is 13.8 Å². The van der Waals surface area contributed by atoms with Gasteiger partial charge in [-0.3, -0.25) is 9.67 Å². The molecule has 6 nitrogen and oxygen atoms in total. The first kappa shape index (κ1) is 20.8. The van der Waals surface area contributed by atoms with Gasteiger partial charge in [-0.25, -0.2) is 0 Å². The Morgan fingerprint density at radius 3 is 2.52 bits per heavy atom. The molecule has 27 heavy (non-hydrogen) atoms. The molecule has 148 valence electrons. The number of aromatic nitrogens is 2. The predicted molar refractivity (Wildman–Crippen MR) is 112 cm³/mol. The van der Waals surface area contributed by atoms with Gasteiger partial charge in [-0.05, 0) is 63.8 Å². The molecule has 0 bridgehead atoms. The average molecular weight is 372 g/mol. The van der Waals surface area contributed by atoms with Crippen molar-refractivity contribution < 1.29 is 4.74 Å². The third-order valence-corrected chi connectivity index (χ3v) is 4.73. The van der Waals surface area contributed by atoms with Crippen LogP contribution in [0.4, 0.5) is 0 Å². The van der Waals surface area contributed by atoms with Crippen LogP contribution in [0.5, 0.6) is 5.75 Å². The first-order valence-corrected chi connectivity index (χ1v) is 9.61. The van der Waals surface area contributed by atoms with Gasteiger partial charge >= 0.3 is 0 Å². The molecular weight excluding hydrogens is 338 g/mol. The van der Waals surface area contributed by atoms with E-state index in [1.54, 1.807) is 7.11 Å². The topological polar surface area (TPSA) is 63.5 Å². The number of rotatable bonds is 8. The molecule has 0 saturated heterocycles. The second-order valence-electron chi connectivity index (χ2n) is 6.88. The van der Waals surface area contributed by atoms with Crippen molar-refractivity contribution in [3.05, 3.63) is 46.8 Å². The van der Waals surface area contributed by atoms with Crippen molar-refractivity contribution in [3.63, 3.8) is 0 Å². The fraction of sp³-hybridized carbons (Fsp3) is 0.524. The predicted octanol–water partition coefficient (Wildman–Crippen LogP) is 2.77. The van der Waals surface area contributed by atoms with E-state index >= 15 is 0 Å². The van der Waals surface area contributed by atoms with Crippen LogP contribution >= 0.6 is 0 Å². The van der Waals surface area contributed by atoms with Crippen molar-refractivity contribution in [2.75, 3.05) is 20.2 Å². The quantitative estimate of drug-likeness (QED) is 0.553. The average Bonchev–Trinajstić information content (AvgIpc) is 2.88. The number of hydrogen-bond acceptors (Lipinski definition) is 3. The van der Waals surface area contributed by atoms with Crippen molar-refractivity contribution in [1.82, 2.24) is 20.4 Å². The molecule has 1 aromatic heterocycles. The Kier molecular flexibility index (Phi) is 7.70. The molecule has 1 unspecified atom stereocenters. The maximum atomic E-state index is 5.20. The number of benzene rings is 1. The molecule has 2 aromatic rings.